The van der Waals surface area contributed by atoms with Crippen molar-refractivity contribution in [1.29, 1.82) is 0 Å². The van der Waals surface area contributed by atoms with E-state index in [9.17, 15) is 14.4 Å². The van der Waals surface area contributed by atoms with E-state index in [4.69, 9.17) is 10.2 Å². The van der Waals surface area contributed by atoms with E-state index in [-0.39, 0.29) is 17.5 Å². The van der Waals surface area contributed by atoms with Crippen molar-refractivity contribution in [3.8, 4) is 0 Å². The van der Waals surface area contributed by atoms with Gasteiger partial charge in [-0.2, -0.15) is 0 Å². The zero-order valence-corrected chi connectivity index (χ0v) is 9.37. The Morgan fingerprint density at radius 1 is 1.17 bits per heavy atom. The summed E-state index contributed by atoms with van der Waals surface area (Å²) in [6.45, 7) is -0.412. The maximum atomic E-state index is 12.0. The van der Waals surface area contributed by atoms with Crippen LogP contribution in [0.5, 0.6) is 0 Å². The number of aliphatic hydroxyl groups excluding tert-OH is 1. The average molecular weight is 249 g/mol. The molecular formula is C12H11NO5. The fraction of sp³-hybridized carbons (Fsp3) is 0.250. The van der Waals surface area contributed by atoms with Crippen molar-refractivity contribution >= 4 is 17.8 Å². The molecule has 1 aromatic carbocycles. The lowest BCUT2D eigenvalue weighted by Gasteiger charge is -2.21. The lowest BCUT2D eigenvalue weighted by molar-refractivity contribution is -0.142. The summed E-state index contributed by atoms with van der Waals surface area (Å²) in [5, 5.41) is 17.8. The summed E-state index contributed by atoms with van der Waals surface area (Å²) < 4.78 is 0. The first-order valence-corrected chi connectivity index (χ1v) is 5.38. The van der Waals surface area contributed by atoms with Gasteiger partial charge in [0.15, 0.2) is 0 Å². The minimum Gasteiger partial charge on any atom is -0.480 e. The number of rotatable bonds is 4. The lowest BCUT2D eigenvalue weighted by atomic mass is 10.1. The molecule has 0 bridgehead atoms. The fourth-order valence-corrected chi connectivity index (χ4v) is 1.98. The second kappa shape index (κ2) is 4.58. The summed E-state index contributed by atoms with van der Waals surface area (Å²) in [5.41, 5.74) is 0.401. The molecule has 2 rings (SSSR count). The van der Waals surface area contributed by atoms with Gasteiger partial charge in [0.05, 0.1) is 11.1 Å². The third kappa shape index (κ3) is 1.76. The topological polar surface area (TPSA) is 94.9 Å². The number of aliphatic hydroxyl groups is 1. The van der Waals surface area contributed by atoms with Crippen molar-refractivity contribution < 1.29 is 24.6 Å². The molecule has 1 unspecified atom stereocenters. The Hall–Kier alpha value is -2.21. The summed E-state index contributed by atoms with van der Waals surface area (Å²) in [4.78, 5) is 35.7. The number of hydrogen-bond donors (Lipinski definition) is 2. The molecule has 0 spiro atoms. The van der Waals surface area contributed by atoms with E-state index in [1.54, 1.807) is 12.1 Å². The van der Waals surface area contributed by atoms with Gasteiger partial charge in [-0.25, -0.2) is 4.79 Å². The molecule has 1 atom stereocenters. The summed E-state index contributed by atoms with van der Waals surface area (Å²) in [6, 6.07) is 4.84. The Morgan fingerprint density at radius 3 is 2.06 bits per heavy atom. The van der Waals surface area contributed by atoms with Gasteiger partial charge < -0.3 is 10.2 Å². The van der Waals surface area contributed by atoms with E-state index in [0.717, 1.165) is 0 Å². The van der Waals surface area contributed by atoms with E-state index >= 15 is 0 Å². The van der Waals surface area contributed by atoms with Crippen LogP contribution in [0.1, 0.15) is 27.1 Å². The molecule has 1 aliphatic rings. The van der Waals surface area contributed by atoms with E-state index in [2.05, 4.69) is 0 Å². The summed E-state index contributed by atoms with van der Waals surface area (Å²) in [6.07, 6.45) is -0.180. The highest BCUT2D eigenvalue weighted by atomic mass is 16.4. The number of aliphatic carboxylic acids is 1. The zero-order valence-electron chi connectivity index (χ0n) is 9.37. The molecule has 6 nitrogen and oxygen atoms in total. The van der Waals surface area contributed by atoms with Crippen molar-refractivity contribution in [1.82, 2.24) is 4.90 Å². The van der Waals surface area contributed by atoms with Crippen molar-refractivity contribution in [2.24, 2.45) is 0 Å². The van der Waals surface area contributed by atoms with Crippen LogP contribution in [0.2, 0.25) is 0 Å². The molecule has 2 N–H and O–H groups in total. The Morgan fingerprint density at radius 2 is 1.67 bits per heavy atom. The second-order valence-electron chi connectivity index (χ2n) is 3.89. The van der Waals surface area contributed by atoms with E-state index in [1.807, 2.05) is 0 Å². The van der Waals surface area contributed by atoms with Crippen molar-refractivity contribution in [3.05, 3.63) is 35.4 Å². The molecule has 0 saturated carbocycles. The van der Waals surface area contributed by atoms with Gasteiger partial charge in [0.2, 0.25) is 0 Å². The number of nitrogens with zero attached hydrogens (tertiary/aromatic N) is 1. The molecule has 2 amide bonds. The highest BCUT2D eigenvalue weighted by Crippen LogP contribution is 2.25. The molecular weight excluding hydrogens is 238 g/mol. The van der Waals surface area contributed by atoms with Gasteiger partial charge in [-0.15, -0.1) is 0 Å². The van der Waals surface area contributed by atoms with Crippen LogP contribution >= 0.6 is 0 Å². The summed E-state index contributed by atoms with van der Waals surface area (Å²) >= 11 is 0. The summed E-state index contributed by atoms with van der Waals surface area (Å²) in [5.74, 6) is -2.56. The lowest BCUT2D eigenvalue weighted by Crippen LogP contribution is -2.45. The average Bonchev–Trinajstić information content (AvgIpc) is 2.60. The van der Waals surface area contributed by atoms with Crippen molar-refractivity contribution in [3.63, 3.8) is 0 Å². The van der Waals surface area contributed by atoms with Crippen molar-refractivity contribution in [2.45, 2.75) is 12.5 Å². The molecule has 1 heterocycles. The minimum absolute atomic E-state index is 0.180. The van der Waals surface area contributed by atoms with Crippen LogP contribution in [0.15, 0.2) is 24.3 Å². The van der Waals surface area contributed by atoms with Gasteiger partial charge in [0, 0.05) is 13.0 Å². The number of carboxylic acids is 1. The van der Waals surface area contributed by atoms with E-state index in [1.165, 1.54) is 12.1 Å². The number of fused-ring (bicyclic) bond motifs is 1. The Labute approximate surface area is 102 Å². The maximum Gasteiger partial charge on any atom is 0.327 e. The predicted octanol–water partition coefficient (Wildman–Crippen LogP) is 0.118. The third-order valence-corrected chi connectivity index (χ3v) is 2.82. The Bertz CT molecular complexity index is 490. The van der Waals surface area contributed by atoms with Crippen LogP contribution in [-0.2, 0) is 4.79 Å². The molecule has 0 fully saturated rings. The van der Waals surface area contributed by atoms with Crippen LogP contribution in [0.3, 0.4) is 0 Å². The zero-order chi connectivity index (χ0) is 13.3. The second-order valence-corrected chi connectivity index (χ2v) is 3.89. The first kappa shape index (κ1) is 12.3. The highest BCUT2D eigenvalue weighted by Gasteiger charge is 2.42. The monoisotopic (exact) mass is 249 g/mol. The number of hydrogen-bond acceptors (Lipinski definition) is 4. The number of imide groups is 1. The molecule has 18 heavy (non-hydrogen) atoms. The quantitative estimate of drug-likeness (QED) is 0.739. The standard InChI is InChI=1S/C12H11NO5/c14-6-5-9(12(17)18)13-10(15)7-3-1-2-4-8(7)11(13)16/h1-4,9,14H,5-6H2,(H,17,18). The van der Waals surface area contributed by atoms with Crippen LogP contribution in [-0.4, -0.2) is 45.5 Å². The van der Waals surface area contributed by atoms with Crippen molar-refractivity contribution in [2.75, 3.05) is 6.61 Å². The van der Waals surface area contributed by atoms with Crippen LogP contribution < -0.4 is 0 Å². The fourth-order valence-electron chi connectivity index (χ4n) is 1.98. The number of carbonyl (C=O) groups excluding carboxylic acids is 2. The van der Waals surface area contributed by atoms with Gasteiger partial charge in [-0.05, 0) is 12.1 Å². The minimum atomic E-state index is -1.33. The van der Waals surface area contributed by atoms with Gasteiger partial charge in [-0.3, -0.25) is 14.5 Å². The maximum absolute atomic E-state index is 12.0. The molecule has 0 aromatic heterocycles. The summed E-state index contributed by atoms with van der Waals surface area (Å²) in [7, 11) is 0. The Balaban J connectivity index is 2.41. The largest absolute Gasteiger partial charge is 0.480 e. The molecule has 0 radical (unpaired) electrons. The van der Waals surface area contributed by atoms with Crippen LogP contribution in [0, 0.1) is 0 Å². The molecule has 0 saturated heterocycles. The van der Waals surface area contributed by atoms with Gasteiger partial charge >= 0.3 is 5.97 Å². The van der Waals surface area contributed by atoms with Crippen LogP contribution in [0.25, 0.3) is 0 Å². The molecule has 94 valence electrons. The van der Waals surface area contributed by atoms with Gasteiger partial charge in [0.1, 0.15) is 6.04 Å². The van der Waals surface area contributed by atoms with Crippen LogP contribution in [0.4, 0.5) is 0 Å². The Kier molecular flexibility index (Phi) is 3.12. The smallest absolute Gasteiger partial charge is 0.327 e. The predicted molar refractivity (Wildman–Crippen MR) is 60.1 cm³/mol. The third-order valence-electron chi connectivity index (χ3n) is 2.82. The highest BCUT2D eigenvalue weighted by molar-refractivity contribution is 6.22. The van der Waals surface area contributed by atoms with Gasteiger partial charge in [0.25, 0.3) is 11.8 Å². The number of benzene rings is 1. The van der Waals surface area contributed by atoms with Gasteiger partial charge in [-0.1, -0.05) is 12.1 Å². The first-order chi connectivity index (χ1) is 8.57. The molecule has 0 aliphatic carbocycles. The number of amides is 2. The number of carboxylic acid groups (broad SMARTS) is 1. The first-order valence-electron chi connectivity index (χ1n) is 5.38. The molecule has 1 aliphatic heterocycles. The van der Waals surface area contributed by atoms with E-state index < -0.39 is 30.4 Å². The molecule has 6 heteroatoms. The van der Waals surface area contributed by atoms with E-state index in [0.29, 0.717) is 4.90 Å². The SMILES string of the molecule is O=C(O)C(CCO)N1C(=O)c2ccccc2C1=O. The number of carbonyl (C=O) groups is 3. The molecule has 1 aromatic rings. The normalized spacial score (nSPS) is 15.7.